The Labute approximate surface area is 184 Å². The van der Waals surface area contributed by atoms with Crippen LogP contribution in [0.25, 0.3) is 0 Å². The van der Waals surface area contributed by atoms with E-state index in [2.05, 4.69) is 10.0 Å². The van der Waals surface area contributed by atoms with Crippen LogP contribution in [0, 0.1) is 12.8 Å². The van der Waals surface area contributed by atoms with Gasteiger partial charge in [0, 0.05) is 11.6 Å². The summed E-state index contributed by atoms with van der Waals surface area (Å²) in [4.78, 5) is 15.0. The van der Waals surface area contributed by atoms with Crippen molar-refractivity contribution in [2.45, 2.75) is 37.8 Å². The molecular weight excluding hydrogens is 422 g/mol. The molecule has 0 unspecified atom stereocenters. The Morgan fingerprint density at radius 2 is 1.67 bits per heavy atom. The van der Waals surface area contributed by atoms with Crippen LogP contribution in [0.3, 0.4) is 0 Å². The highest BCUT2D eigenvalue weighted by Crippen LogP contribution is 2.25. The van der Waals surface area contributed by atoms with E-state index in [1.54, 1.807) is 26.0 Å². The molecule has 0 spiro atoms. The summed E-state index contributed by atoms with van der Waals surface area (Å²) in [6.07, 6.45) is 0. The van der Waals surface area contributed by atoms with Crippen LogP contribution in [0.2, 0.25) is 5.02 Å². The number of nitrogens with one attached hydrogen (secondary N) is 2. The molecule has 0 radical (unpaired) electrons. The maximum atomic E-state index is 12.9. The third-order valence-corrected chi connectivity index (χ3v) is 6.72. The number of likely N-dealkylation sites (N-methyl/N-ethyl adjacent to an activating group) is 1. The number of halogens is 1. The van der Waals surface area contributed by atoms with E-state index in [4.69, 9.17) is 11.6 Å². The zero-order valence-electron chi connectivity index (χ0n) is 18.0. The van der Waals surface area contributed by atoms with E-state index in [0.29, 0.717) is 11.6 Å². The Kier molecular flexibility index (Phi) is 8.43. The summed E-state index contributed by atoms with van der Waals surface area (Å²) in [6.45, 7) is 5.79. The van der Waals surface area contributed by atoms with Crippen LogP contribution in [-0.4, -0.2) is 45.9 Å². The summed E-state index contributed by atoms with van der Waals surface area (Å²) in [6, 6.07) is 12.9. The summed E-state index contributed by atoms with van der Waals surface area (Å²) < 4.78 is 28.1. The van der Waals surface area contributed by atoms with Crippen molar-refractivity contribution in [1.82, 2.24) is 14.9 Å². The van der Waals surface area contributed by atoms with Crippen LogP contribution in [0.1, 0.15) is 31.0 Å². The fraction of sp³-hybridized carbons (Fsp3) is 0.409. The Balaban J connectivity index is 2.15. The highest BCUT2D eigenvalue weighted by Gasteiger charge is 2.29. The van der Waals surface area contributed by atoms with Gasteiger partial charge in [-0.05, 0) is 50.7 Å². The van der Waals surface area contributed by atoms with Crippen molar-refractivity contribution in [3.8, 4) is 0 Å². The van der Waals surface area contributed by atoms with Crippen LogP contribution in [0.5, 0.6) is 0 Å². The summed E-state index contributed by atoms with van der Waals surface area (Å²) in [7, 11) is -0.0165. The predicted octanol–water partition coefficient (Wildman–Crippen LogP) is 3.37. The summed E-state index contributed by atoms with van der Waals surface area (Å²) in [5.41, 5.74) is 1.85. The molecule has 164 valence electrons. The molecular formula is C22H30ClN3O3S. The average Bonchev–Trinajstić information content (AvgIpc) is 2.67. The third-order valence-electron chi connectivity index (χ3n) is 4.92. The van der Waals surface area contributed by atoms with Crippen LogP contribution in [0.4, 0.5) is 0 Å². The molecule has 0 aromatic heterocycles. The van der Waals surface area contributed by atoms with E-state index in [9.17, 15) is 13.2 Å². The maximum absolute atomic E-state index is 12.9. The van der Waals surface area contributed by atoms with Gasteiger partial charge in [-0.3, -0.25) is 4.79 Å². The van der Waals surface area contributed by atoms with E-state index in [-0.39, 0.29) is 22.8 Å². The van der Waals surface area contributed by atoms with E-state index in [1.165, 1.54) is 12.1 Å². The summed E-state index contributed by atoms with van der Waals surface area (Å²) in [5, 5.41) is 3.50. The lowest BCUT2D eigenvalue weighted by Crippen LogP contribution is -2.50. The van der Waals surface area contributed by atoms with Gasteiger partial charge < -0.3 is 10.2 Å². The summed E-state index contributed by atoms with van der Waals surface area (Å²) in [5.74, 6) is -0.608. The van der Waals surface area contributed by atoms with Crippen molar-refractivity contribution >= 4 is 27.5 Å². The van der Waals surface area contributed by atoms with E-state index < -0.39 is 16.1 Å². The largest absolute Gasteiger partial charge is 0.353 e. The van der Waals surface area contributed by atoms with E-state index >= 15 is 0 Å². The molecule has 6 nitrogen and oxygen atoms in total. The molecule has 2 N–H and O–H groups in total. The SMILES string of the molecule is Cc1ccc(S(=O)(=O)N[C@H](C(=O)NC[C@@H](c2ccccc2Cl)N(C)C)C(C)C)cc1. The number of rotatable bonds is 9. The Bertz CT molecular complexity index is 960. The van der Waals surface area contributed by atoms with Gasteiger partial charge in [-0.15, -0.1) is 0 Å². The molecule has 2 atom stereocenters. The number of carbonyl (C=O) groups is 1. The van der Waals surface area contributed by atoms with Gasteiger partial charge in [-0.1, -0.05) is 61.3 Å². The van der Waals surface area contributed by atoms with Crippen LogP contribution < -0.4 is 10.0 Å². The van der Waals surface area contributed by atoms with Crippen molar-refractivity contribution < 1.29 is 13.2 Å². The second kappa shape index (κ2) is 10.4. The zero-order chi connectivity index (χ0) is 22.5. The highest BCUT2D eigenvalue weighted by molar-refractivity contribution is 7.89. The Morgan fingerprint density at radius 3 is 2.20 bits per heavy atom. The quantitative estimate of drug-likeness (QED) is 0.612. The minimum atomic E-state index is -3.82. The summed E-state index contributed by atoms with van der Waals surface area (Å²) >= 11 is 6.33. The zero-order valence-corrected chi connectivity index (χ0v) is 19.6. The topological polar surface area (TPSA) is 78.5 Å². The molecule has 1 amide bonds. The molecule has 0 saturated carbocycles. The van der Waals surface area contributed by atoms with Crippen molar-refractivity contribution in [1.29, 1.82) is 0 Å². The van der Waals surface area contributed by atoms with Gasteiger partial charge in [0.1, 0.15) is 6.04 Å². The average molecular weight is 452 g/mol. The highest BCUT2D eigenvalue weighted by atomic mass is 35.5. The molecule has 0 aliphatic rings. The maximum Gasteiger partial charge on any atom is 0.241 e. The molecule has 0 aliphatic heterocycles. The number of hydrogen-bond acceptors (Lipinski definition) is 4. The molecule has 0 aliphatic carbocycles. The van der Waals surface area contributed by atoms with Crippen molar-refractivity contribution in [3.05, 3.63) is 64.7 Å². The predicted molar refractivity (Wildman–Crippen MR) is 121 cm³/mol. The van der Waals surface area contributed by atoms with Crippen molar-refractivity contribution in [2.75, 3.05) is 20.6 Å². The number of sulfonamides is 1. The normalized spacial score (nSPS) is 14.0. The minimum Gasteiger partial charge on any atom is -0.353 e. The van der Waals surface area contributed by atoms with Crippen molar-refractivity contribution in [2.24, 2.45) is 5.92 Å². The van der Waals surface area contributed by atoms with Crippen LogP contribution in [0.15, 0.2) is 53.4 Å². The third kappa shape index (κ3) is 6.28. The second-order valence-corrected chi connectivity index (χ2v) is 10.0. The number of carbonyl (C=O) groups excluding carboxylic acids is 1. The number of benzene rings is 2. The molecule has 2 aromatic carbocycles. The fourth-order valence-electron chi connectivity index (χ4n) is 3.07. The lowest BCUT2D eigenvalue weighted by molar-refractivity contribution is -0.123. The number of amides is 1. The first-order valence-corrected chi connectivity index (χ1v) is 11.7. The molecule has 0 heterocycles. The van der Waals surface area contributed by atoms with Crippen LogP contribution >= 0.6 is 11.6 Å². The molecule has 2 rings (SSSR count). The Morgan fingerprint density at radius 1 is 1.07 bits per heavy atom. The second-order valence-electron chi connectivity index (χ2n) is 7.90. The molecule has 0 fully saturated rings. The number of nitrogens with zero attached hydrogens (tertiary/aromatic N) is 1. The minimum absolute atomic E-state index is 0.133. The molecule has 30 heavy (non-hydrogen) atoms. The lowest BCUT2D eigenvalue weighted by atomic mass is 10.0. The first-order valence-electron chi connectivity index (χ1n) is 9.80. The first-order chi connectivity index (χ1) is 14.0. The van der Waals surface area contributed by atoms with Gasteiger partial charge in [0.25, 0.3) is 0 Å². The van der Waals surface area contributed by atoms with E-state index in [0.717, 1.165) is 11.1 Å². The van der Waals surface area contributed by atoms with Crippen molar-refractivity contribution in [3.63, 3.8) is 0 Å². The van der Waals surface area contributed by atoms with Gasteiger partial charge in [0.05, 0.1) is 10.9 Å². The van der Waals surface area contributed by atoms with Crippen LogP contribution in [-0.2, 0) is 14.8 Å². The number of hydrogen-bond donors (Lipinski definition) is 2. The van der Waals surface area contributed by atoms with Gasteiger partial charge in [0.15, 0.2) is 0 Å². The number of aryl methyl sites for hydroxylation is 1. The van der Waals surface area contributed by atoms with Gasteiger partial charge in [-0.25, -0.2) is 8.42 Å². The van der Waals surface area contributed by atoms with Gasteiger partial charge in [-0.2, -0.15) is 4.72 Å². The monoisotopic (exact) mass is 451 g/mol. The van der Waals surface area contributed by atoms with Gasteiger partial charge >= 0.3 is 0 Å². The van der Waals surface area contributed by atoms with Gasteiger partial charge in [0.2, 0.25) is 15.9 Å². The first kappa shape index (κ1) is 24.3. The lowest BCUT2D eigenvalue weighted by Gasteiger charge is -2.28. The van der Waals surface area contributed by atoms with E-state index in [1.807, 2.05) is 50.2 Å². The molecule has 0 bridgehead atoms. The molecule has 2 aromatic rings. The molecule has 0 saturated heterocycles. The fourth-order valence-corrected chi connectivity index (χ4v) is 4.67. The standard InChI is InChI=1S/C22H30ClN3O3S/c1-15(2)21(25-30(28,29)17-12-10-16(3)11-13-17)22(27)24-14-20(26(4)5)18-8-6-7-9-19(18)23/h6-13,15,20-21,25H,14H2,1-5H3,(H,24,27)/t20-,21-/m0/s1. The molecule has 8 heteroatoms. The smallest absolute Gasteiger partial charge is 0.241 e. The Hall–Kier alpha value is -1.93.